The number of aromatic nitrogens is 2. The maximum Gasteiger partial charge on any atom is 0.408 e. The zero-order valence-corrected chi connectivity index (χ0v) is 21.5. The summed E-state index contributed by atoms with van der Waals surface area (Å²) in [6.07, 6.45) is 5.31. The van der Waals surface area contributed by atoms with E-state index in [1.165, 1.54) is 4.90 Å². The molecule has 0 radical (unpaired) electrons. The summed E-state index contributed by atoms with van der Waals surface area (Å²) < 4.78 is 8.11. The molecule has 2 aromatic carbocycles. The maximum atomic E-state index is 12.5. The molecule has 3 rings (SSSR count). The van der Waals surface area contributed by atoms with E-state index in [1.807, 2.05) is 86.0 Å². The van der Waals surface area contributed by atoms with Crippen LogP contribution in [0.4, 0.5) is 4.79 Å². The highest BCUT2D eigenvalue weighted by molar-refractivity contribution is 5.67. The Morgan fingerprint density at radius 2 is 1.72 bits per heavy atom. The van der Waals surface area contributed by atoms with Crippen LogP contribution in [-0.2, 0) is 22.9 Å². The van der Waals surface area contributed by atoms with Crippen LogP contribution in [0.1, 0.15) is 70.3 Å². The second kappa shape index (κ2) is 13.0. The lowest BCUT2D eigenvalue weighted by Gasteiger charge is -2.39. The standard InChI is InChI=1S/C29H37N3O4/c1-29(2,3)32(28(34)35)25(18-12-4-5-13-19-33)27-30-20-26(24-16-10-7-11-17-24)31(27)22-36-21-23-14-8-6-9-15-23/h6-11,14-17,19-20,25H,4-5,12-13,18,21-22H2,1-3H3,(H,34,35)/t25-/m0/s1. The summed E-state index contributed by atoms with van der Waals surface area (Å²) in [7, 11) is 0. The largest absolute Gasteiger partial charge is 0.465 e. The van der Waals surface area contributed by atoms with Gasteiger partial charge in [0.1, 0.15) is 18.8 Å². The van der Waals surface area contributed by atoms with E-state index in [2.05, 4.69) is 0 Å². The van der Waals surface area contributed by atoms with E-state index < -0.39 is 17.7 Å². The van der Waals surface area contributed by atoms with E-state index in [1.54, 1.807) is 6.20 Å². The van der Waals surface area contributed by atoms with Gasteiger partial charge in [-0.15, -0.1) is 0 Å². The zero-order chi connectivity index (χ0) is 26.0. The number of hydrogen-bond donors (Lipinski definition) is 1. The number of carbonyl (C=O) groups excluding carboxylic acids is 1. The predicted octanol–water partition coefficient (Wildman–Crippen LogP) is 6.69. The van der Waals surface area contributed by atoms with Crippen molar-refractivity contribution in [1.29, 1.82) is 0 Å². The first-order valence-electron chi connectivity index (χ1n) is 12.5. The lowest BCUT2D eigenvalue weighted by Crippen LogP contribution is -2.48. The molecule has 3 aromatic rings. The van der Waals surface area contributed by atoms with Gasteiger partial charge in [-0.1, -0.05) is 73.5 Å². The topological polar surface area (TPSA) is 84.7 Å². The zero-order valence-electron chi connectivity index (χ0n) is 21.5. The molecule has 0 aliphatic heterocycles. The molecule has 7 heteroatoms. The third-order valence-electron chi connectivity index (χ3n) is 6.13. The molecule has 36 heavy (non-hydrogen) atoms. The monoisotopic (exact) mass is 491 g/mol. The summed E-state index contributed by atoms with van der Waals surface area (Å²) in [5, 5.41) is 10.2. The lowest BCUT2D eigenvalue weighted by molar-refractivity contribution is -0.107. The van der Waals surface area contributed by atoms with Crippen LogP contribution in [0.3, 0.4) is 0 Å². The Balaban J connectivity index is 1.97. The molecule has 1 heterocycles. The number of aldehydes is 1. The molecule has 0 saturated carbocycles. The predicted molar refractivity (Wildman–Crippen MR) is 140 cm³/mol. The van der Waals surface area contributed by atoms with Crippen molar-refractivity contribution in [3.63, 3.8) is 0 Å². The average molecular weight is 492 g/mol. The minimum absolute atomic E-state index is 0.244. The number of carboxylic acid groups (broad SMARTS) is 1. The van der Waals surface area contributed by atoms with Crippen LogP contribution in [0.2, 0.25) is 0 Å². The number of amides is 1. The van der Waals surface area contributed by atoms with Crippen LogP contribution < -0.4 is 0 Å². The van der Waals surface area contributed by atoms with Gasteiger partial charge in [0.2, 0.25) is 0 Å². The second-order valence-electron chi connectivity index (χ2n) is 9.90. The van der Waals surface area contributed by atoms with Crippen molar-refractivity contribution in [2.45, 2.75) is 77.8 Å². The molecule has 1 N–H and O–H groups in total. The molecule has 0 fully saturated rings. The minimum atomic E-state index is -0.985. The van der Waals surface area contributed by atoms with Gasteiger partial charge >= 0.3 is 6.09 Å². The van der Waals surface area contributed by atoms with Crippen molar-refractivity contribution in [2.75, 3.05) is 0 Å². The van der Waals surface area contributed by atoms with Crippen LogP contribution in [0.25, 0.3) is 11.3 Å². The lowest BCUT2D eigenvalue weighted by atomic mass is 9.98. The highest BCUT2D eigenvalue weighted by Gasteiger charge is 2.36. The van der Waals surface area contributed by atoms with Gasteiger partial charge in [-0.05, 0) is 44.7 Å². The van der Waals surface area contributed by atoms with Gasteiger partial charge in [0, 0.05) is 12.0 Å². The van der Waals surface area contributed by atoms with Crippen LogP contribution in [0.5, 0.6) is 0 Å². The molecule has 192 valence electrons. The fraction of sp³-hybridized carbons (Fsp3) is 0.414. The summed E-state index contributed by atoms with van der Waals surface area (Å²) in [6, 6.07) is 19.4. The first-order chi connectivity index (χ1) is 17.3. The number of benzene rings is 2. The molecule has 0 spiro atoms. The Labute approximate surface area is 213 Å². The van der Waals surface area contributed by atoms with E-state index >= 15 is 0 Å². The second-order valence-corrected chi connectivity index (χ2v) is 9.90. The van der Waals surface area contributed by atoms with Crippen molar-refractivity contribution in [1.82, 2.24) is 14.5 Å². The Bertz CT molecular complexity index is 1090. The molecule has 0 unspecified atom stereocenters. The van der Waals surface area contributed by atoms with Crippen molar-refractivity contribution < 1.29 is 19.4 Å². The van der Waals surface area contributed by atoms with Crippen LogP contribution in [0.15, 0.2) is 66.9 Å². The third kappa shape index (κ3) is 7.28. The van der Waals surface area contributed by atoms with Crippen LogP contribution >= 0.6 is 0 Å². The SMILES string of the molecule is CC(C)(C)N(C(=O)O)[C@@H](CCCCCC=O)c1ncc(-c2ccccc2)n1COCc1ccccc1. The normalized spacial score (nSPS) is 12.3. The average Bonchev–Trinajstić information content (AvgIpc) is 3.27. The summed E-state index contributed by atoms with van der Waals surface area (Å²) >= 11 is 0. The fourth-order valence-corrected chi connectivity index (χ4v) is 4.46. The van der Waals surface area contributed by atoms with Crippen LogP contribution in [-0.4, -0.2) is 37.5 Å². The smallest absolute Gasteiger partial charge is 0.408 e. The van der Waals surface area contributed by atoms with Gasteiger partial charge in [0.15, 0.2) is 0 Å². The van der Waals surface area contributed by atoms with E-state index in [9.17, 15) is 14.7 Å². The highest BCUT2D eigenvalue weighted by atomic mass is 16.5. The number of ether oxygens (including phenoxy) is 1. The molecular weight excluding hydrogens is 454 g/mol. The number of unbranched alkanes of at least 4 members (excludes halogenated alkanes) is 3. The Morgan fingerprint density at radius 3 is 2.33 bits per heavy atom. The number of rotatable bonds is 13. The van der Waals surface area contributed by atoms with E-state index in [4.69, 9.17) is 9.72 Å². The molecule has 0 aliphatic rings. The summed E-state index contributed by atoms with van der Waals surface area (Å²) in [4.78, 5) is 29.5. The minimum Gasteiger partial charge on any atom is -0.465 e. The van der Waals surface area contributed by atoms with Crippen molar-refractivity contribution in [3.8, 4) is 11.3 Å². The quantitative estimate of drug-likeness (QED) is 0.213. The summed E-state index contributed by atoms with van der Waals surface area (Å²) in [6.45, 7) is 6.38. The van der Waals surface area contributed by atoms with Gasteiger partial charge in [-0.3, -0.25) is 4.90 Å². The number of hydrogen-bond acceptors (Lipinski definition) is 4. The maximum absolute atomic E-state index is 12.5. The van der Waals surface area contributed by atoms with E-state index in [0.29, 0.717) is 25.3 Å². The van der Waals surface area contributed by atoms with Crippen molar-refractivity contribution >= 4 is 12.4 Å². The molecule has 0 saturated heterocycles. The molecule has 0 bridgehead atoms. The van der Waals surface area contributed by atoms with Gasteiger partial charge < -0.3 is 19.2 Å². The van der Waals surface area contributed by atoms with Gasteiger partial charge in [0.05, 0.1) is 24.5 Å². The van der Waals surface area contributed by atoms with Crippen LogP contribution in [0, 0.1) is 0 Å². The number of carbonyl (C=O) groups is 2. The van der Waals surface area contributed by atoms with Gasteiger partial charge in [-0.25, -0.2) is 9.78 Å². The van der Waals surface area contributed by atoms with E-state index in [0.717, 1.165) is 42.4 Å². The van der Waals surface area contributed by atoms with Crippen molar-refractivity contribution in [3.05, 3.63) is 78.2 Å². The molecule has 0 aliphatic carbocycles. The fourth-order valence-electron chi connectivity index (χ4n) is 4.46. The van der Waals surface area contributed by atoms with E-state index in [-0.39, 0.29) is 6.73 Å². The highest BCUT2D eigenvalue weighted by Crippen LogP contribution is 2.34. The Hall–Kier alpha value is -3.45. The number of imidazole rings is 1. The molecule has 7 nitrogen and oxygen atoms in total. The Morgan fingerprint density at radius 1 is 1.06 bits per heavy atom. The molecule has 1 atom stereocenters. The first-order valence-corrected chi connectivity index (χ1v) is 12.5. The summed E-state index contributed by atoms with van der Waals surface area (Å²) in [5.74, 6) is 0.662. The molecule has 1 aromatic heterocycles. The Kier molecular flexibility index (Phi) is 9.82. The van der Waals surface area contributed by atoms with Crippen molar-refractivity contribution in [2.24, 2.45) is 0 Å². The number of nitrogens with zero attached hydrogens (tertiary/aromatic N) is 3. The molecular formula is C29H37N3O4. The first kappa shape index (κ1) is 27.1. The summed E-state index contributed by atoms with van der Waals surface area (Å²) in [5.41, 5.74) is 2.30. The third-order valence-corrected chi connectivity index (χ3v) is 6.13. The molecule has 1 amide bonds. The van der Waals surface area contributed by atoms with Gasteiger partial charge in [-0.2, -0.15) is 0 Å². The van der Waals surface area contributed by atoms with Gasteiger partial charge in [0.25, 0.3) is 0 Å².